The number of aromatic nitrogens is 1. The van der Waals surface area contributed by atoms with Gasteiger partial charge in [0.25, 0.3) is 5.91 Å². The van der Waals surface area contributed by atoms with E-state index in [2.05, 4.69) is 10.3 Å². The quantitative estimate of drug-likeness (QED) is 0.906. The van der Waals surface area contributed by atoms with Gasteiger partial charge in [0.15, 0.2) is 0 Å². The maximum Gasteiger partial charge on any atom is 0.265 e. The Hall–Kier alpha value is -0.940. The average Bonchev–Trinajstić information content (AvgIpc) is 2.83. The first-order valence-corrected chi connectivity index (χ1v) is 7.44. The van der Waals surface area contributed by atoms with Gasteiger partial charge in [0, 0.05) is 13.1 Å². The number of nitrogens with one attached hydrogen (secondary N) is 1. The lowest BCUT2D eigenvalue weighted by Gasteiger charge is -2.29. The predicted molar refractivity (Wildman–Crippen MR) is 74.0 cm³/mol. The minimum atomic E-state index is 0.133. The second kappa shape index (κ2) is 6.29. The van der Waals surface area contributed by atoms with E-state index in [1.165, 1.54) is 24.2 Å². The second-order valence-corrected chi connectivity index (χ2v) is 6.03. The molecule has 0 saturated carbocycles. The SMILES string of the molecule is CCN(CC1CCCNC1)C(=O)c1cnc(C)s1. The van der Waals surface area contributed by atoms with Crippen LogP contribution in [0.2, 0.25) is 0 Å². The molecule has 1 fully saturated rings. The number of aryl methyl sites for hydroxylation is 1. The molecule has 0 radical (unpaired) electrons. The standard InChI is InChI=1S/C13H21N3OS/c1-3-16(9-11-5-4-6-14-7-11)13(17)12-8-15-10(2)18-12/h8,11,14H,3-7,9H2,1-2H3. The van der Waals surface area contributed by atoms with Gasteiger partial charge in [-0.15, -0.1) is 11.3 Å². The van der Waals surface area contributed by atoms with Crippen molar-refractivity contribution in [2.45, 2.75) is 26.7 Å². The Kier molecular flexibility index (Phi) is 4.72. The van der Waals surface area contributed by atoms with Gasteiger partial charge >= 0.3 is 0 Å². The van der Waals surface area contributed by atoms with Gasteiger partial charge in [-0.2, -0.15) is 0 Å². The van der Waals surface area contributed by atoms with Gasteiger partial charge in [-0.3, -0.25) is 4.79 Å². The van der Waals surface area contributed by atoms with Crippen molar-refractivity contribution in [3.8, 4) is 0 Å². The van der Waals surface area contributed by atoms with Gasteiger partial charge in [-0.25, -0.2) is 4.98 Å². The number of carbonyl (C=O) groups excluding carboxylic acids is 1. The zero-order valence-electron chi connectivity index (χ0n) is 11.1. The fourth-order valence-corrected chi connectivity index (χ4v) is 3.11. The van der Waals surface area contributed by atoms with Crippen molar-refractivity contribution in [3.05, 3.63) is 16.1 Å². The molecule has 2 rings (SSSR count). The van der Waals surface area contributed by atoms with E-state index in [-0.39, 0.29) is 5.91 Å². The molecule has 5 heteroatoms. The molecule has 1 N–H and O–H groups in total. The summed E-state index contributed by atoms with van der Waals surface area (Å²) in [7, 11) is 0. The van der Waals surface area contributed by atoms with Crippen molar-refractivity contribution < 1.29 is 4.79 Å². The predicted octanol–water partition coefficient (Wildman–Crippen LogP) is 1.91. The summed E-state index contributed by atoms with van der Waals surface area (Å²) < 4.78 is 0. The molecule has 1 unspecified atom stereocenters. The molecule has 4 nitrogen and oxygen atoms in total. The zero-order valence-corrected chi connectivity index (χ0v) is 11.9. The zero-order chi connectivity index (χ0) is 13.0. The number of hydrogen-bond donors (Lipinski definition) is 1. The monoisotopic (exact) mass is 267 g/mol. The molecule has 0 spiro atoms. The molecule has 100 valence electrons. The third-order valence-electron chi connectivity index (χ3n) is 3.38. The minimum absolute atomic E-state index is 0.133. The van der Waals surface area contributed by atoms with Crippen LogP contribution in [0.3, 0.4) is 0 Å². The van der Waals surface area contributed by atoms with Gasteiger partial charge in [0.05, 0.1) is 11.2 Å². The molecule has 0 aromatic carbocycles. The number of carbonyl (C=O) groups is 1. The molecule has 2 heterocycles. The van der Waals surface area contributed by atoms with Gasteiger partial charge < -0.3 is 10.2 Å². The summed E-state index contributed by atoms with van der Waals surface area (Å²) in [6.45, 7) is 7.76. The number of nitrogens with zero attached hydrogens (tertiary/aromatic N) is 2. The molecule has 1 aliphatic rings. The van der Waals surface area contributed by atoms with Crippen molar-refractivity contribution in [2.75, 3.05) is 26.2 Å². The molecular weight excluding hydrogens is 246 g/mol. The van der Waals surface area contributed by atoms with Crippen molar-refractivity contribution in [1.82, 2.24) is 15.2 Å². The lowest BCUT2D eigenvalue weighted by Crippen LogP contribution is -2.40. The van der Waals surface area contributed by atoms with Crippen LogP contribution in [-0.4, -0.2) is 42.0 Å². The second-order valence-electron chi connectivity index (χ2n) is 4.80. The Balaban J connectivity index is 1.97. The van der Waals surface area contributed by atoms with Crippen LogP contribution in [0.5, 0.6) is 0 Å². The van der Waals surface area contributed by atoms with Crippen LogP contribution in [0, 0.1) is 12.8 Å². The van der Waals surface area contributed by atoms with Crippen molar-refractivity contribution in [2.24, 2.45) is 5.92 Å². The number of amides is 1. The van der Waals surface area contributed by atoms with E-state index in [1.54, 1.807) is 6.20 Å². The lowest BCUT2D eigenvalue weighted by atomic mass is 9.99. The average molecular weight is 267 g/mol. The summed E-state index contributed by atoms with van der Waals surface area (Å²) in [6, 6.07) is 0. The summed E-state index contributed by atoms with van der Waals surface area (Å²) >= 11 is 1.48. The van der Waals surface area contributed by atoms with Crippen LogP contribution in [0.1, 0.15) is 34.4 Å². The topological polar surface area (TPSA) is 45.2 Å². The third kappa shape index (κ3) is 3.29. The Morgan fingerprint density at radius 2 is 2.50 bits per heavy atom. The smallest absolute Gasteiger partial charge is 0.265 e. The molecule has 1 saturated heterocycles. The minimum Gasteiger partial charge on any atom is -0.338 e. The van der Waals surface area contributed by atoms with Gasteiger partial charge in [0.2, 0.25) is 0 Å². The van der Waals surface area contributed by atoms with E-state index in [0.29, 0.717) is 5.92 Å². The van der Waals surface area contributed by atoms with E-state index >= 15 is 0 Å². The summed E-state index contributed by atoms with van der Waals surface area (Å²) in [4.78, 5) is 19.2. The number of thiazole rings is 1. The molecule has 0 aliphatic carbocycles. The van der Waals surface area contributed by atoms with Crippen LogP contribution in [0.15, 0.2) is 6.20 Å². The van der Waals surface area contributed by atoms with E-state index in [9.17, 15) is 4.79 Å². The highest BCUT2D eigenvalue weighted by molar-refractivity contribution is 7.13. The Bertz CT molecular complexity index is 399. The van der Waals surface area contributed by atoms with E-state index < -0.39 is 0 Å². The molecule has 0 bridgehead atoms. The van der Waals surface area contributed by atoms with Crippen LogP contribution in [0.4, 0.5) is 0 Å². The van der Waals surface area contributed by atoms with Crippen LogP contribution in [-0.2, 0) is 0 Å². The van der Waals surface area contributed by atoms with Gasteiger partial charge in [-0.1, -0.05) is 0 Å². The third-order valence-corrected chi connectivity index (χ3v) is 4.28. The highest BCUT2D eigenvalue weighted by Gasteiger charge is 2.21. The summed E-state index contributed by atoms with van der Waals surface area (Å²) in [5, 5.41) is 4.35. The van der Waals surface area contributed by atoms with E-state index in [4.69, 9.17) is 0 Å². The summed E-state index contributed by atoms with van der Waals surface area (Å²) in [5.41, 5.74) is 0. The first-order chi connectivity index (χ1) is 8.70. The van der Waals surface area contributed by atoms with Crippen molar-refractivity contribution >= 4 is 17.2 Å². The normalized spacial score (nSPS) is 19.8. The molecule has 18 heavy (non-hydrogen) atoms. The number of hydrogen-bond acceptors (Lipinski definition) is 4. The van der Waals surface area contributed by atoms with E-state index in [1.807, 2.05) is 18.7 Å². The Morgan fingerprint density at radius 1 is 1.67 bits per heavy atom. The summed E-state index contributed by atoms with van der Waals surface area (Å²) in [6.07, 6.45) is 4.14. The summed E-state index contributed by atoms with van der Waals surface area (Å²) in [5.74, 6) is 0.727. The lowest BCUT2D eigenvalue weighted by molar-refractivity contribution is 0.0733. The van der Waals surface area contributed by atoms with Crippen LogP contribution >= 0.6 is 11.3 Å². The number of piperidine rings is 1. The molecule has 1 amide bonds. The fraction of sp³-hybridized carbons (Fsp3) is 0.692. The molecular formula is C13H21N3OS. The Morgan fingerprint density at radius 3 is 3.06 bits per heavy atom. The molecule has 1 atom stereocenters. The van der Waals surface area contributed by atoms with Crippen molar-refractivity contribution in [3.63, 3.8) is 0 Å². The van der Waals surface area contributed by atoms with Crippen LogP contribution in [0.25, 0.3) is 0 Å². The number of rotatable bonds is 4. The maximum absolute atomic E-state index is 12.3. The van der Waals surface area contributed by atoms with Gasteiger partial charge in [0.1, 0.15) is 4.88 Å². The molecule has 1 aliphatic heterocycles. The van der Waals surface area contributed by atoms with E-state index in [0.717, 1.165) is 36.1 Å². The first-order valence-electron chi connectivity index (χ1n) is 6.63. The highest BCUT2D eigenvalue weighted by Crippen LogP contribution is 2.17. The Labute approximate surface area is 112 Å². The van der Waals surface area contributed by atoms with Crippen LogP contribution < -0.4 is 5.32 Å². The fourth-order valence-electron chi connectivity index (χ4n) is 2.36. The maximum atomic E-state index is 12.3. The largest absolute Gasteiger partial charge is 0.338 e. The highest BCUT2D eigenvalue weighted by atomic mass is 32.1. The van der Waals surface area contributed by atoms with Gasteiger partial charge in [-0.05, 0) is 45.7 Å². The first kappa shape index (κ1) is 13.5. The molecule has 1 aromatic heterocycles. The van der Waals surface area contributed by atoms with Crippen molar-refractivity contribution in [1.29, 1.82) is 0 Å². The molecule has 1 aromatic rings.